The van der Waals surface area contributed by atoms with Gasteiger partial charge >= 0.3 is 11.9 Å². The summed E-state index contributed by atoms with van der Waals surface area (Å²) in [5.74, 6) is -11.5. The molecule has 0 radical (unpaired) electrons. The number of carbonyl (C=O) groups is 9. The number of oxazole rings is 1. The number of hydrogen-bond acceptors (Lipinski definition) is 13. The minimum absolute atomic E-state index is 0.00712. The summed E-state index contributed by atoms with van der Waals surface area (Å²) in [5, 5.41) is 18.3. The number of cyclic esters (lactones) is 1. The van der Waals surface area contributed by atoms with E-state index in [1.807, 2.05) is 42.5 Å². The van der Waals surface area contributed by atoms with Gasteiger partial charge in [-0.3, -0.25) is 33.6 Å². The number of ether oxygens (including phenoxy) is 2. The van der Waals surface area contributed by atoms with Crippen molar-refractivity contribution in [3.8, 4) is 0 Å². The lowest BCUT2D eigenvalue weighted by Crippen LogP contribution is -2.61. The van der Waals surface area contributed by atoms with E-state index < -0.39 is 138 Å². The van der Waals surface area contributed by atoms with Crippen molar-refractivity contribution < 1.29 is 62.1 Å². The number of amides is 7. The molecule has 75 heavy (non-hydrogen) atoms. The van der Waals surface area contributed by atoms with Crippen LogP contribution in [-0.4, -0.2) is 142 Å². The molecule has 7 amide bonds. The SMILES string of the molecule is CC[C@@H](C)[C@H]1C(=O)N(C)[C@@H]([C@@H](C)CC)C(=O)N[C@H](CC(N)=O)C(=O)N2CCC[C@@H]2C(=O)N[C@@H]([C@H](OC)c2ccccc2)C(=O)O[C@@H](c2coc([C@@H](C)C=Cc3ccccc3)n2)[C@@H](C)C(=O)N[C@@H](C(=O)O)CC(=O)N1C. The van der Waals surface area contributed by atoms with E-state index in [2.05, 4.69) is 20.9 Å². The molecule has 0 spiro atoms. The highest BCUT2D eigenvalue weighted by atomic mass is 16.6. The van der Waals surface area contributed by atoms with Gasteiger partial charge in [0.1, 0.15) is 48.3 Å². The average molecular weight is 1040 g/mol. The number of primary amides is 1. The minimum Gasteiger partial charge on any atom is -0.480 e. The fourth-order valence-electron chi connectivity index (χ4n) is 9.45. The molecule has 0 saturated carbocycles. The van der Waals surface area contributed by atoms with Crippen LogP contribution < -0.4 is 21.7 Å². The zero-order valence-electron chi connectivity index (χ0n) is 44.1. The summed E-state index contributed by atoms with van der Waals surface area (Å²) in [6, 6.07) is 8.89. The number of carboxylic acids is 1. The van der Waals surface area contributed by atoms with Gasteiger partial charge in [-0.2, -0.15) is 0 Å². The standard InChI is InChI=1S/C54H72N8O13/c1-10-30(3)43-49(67)56-36(27-40(55)63)51(68)62-26-18-23-39(62)48(66)59-42(46(73-9)35-21-16-13-17-22-35)54(72)75-45(38-29-74-50(58-38)32(5)24-25-34-19-14-12-15-20-34)33(6)47(65)57-37(53(70)71)28-41(64)60(7)44(31(4)11-2)52(69)61(43)8/h12-17,19-22,24-25,29-33,36-37,39,42-46H,10-11,18,23,26-28H2,1-9H3,(H2,55,63)(H,56,67)(H,57,65)(H,59,66)(H,70,71)/t30-,31+,32-,33+,36+,37+,39+,42-,43-,44-,45+,46+/m0/s1. The highest BCUT2D eigenvalue weighted by Gasteiger charge is 2.46. The van der Waals surface area contributed by atoms with Crippen LogP contribution in [0.15, 0.2) is 77.4 Å². The Morgan fingerprint density at radius 3 is 2.08 bits per heavy atom. The molecule has 0 unspecified atom stereocenters. The predicted molar refractivity (Wildman–Crippen MR) is 273 cm³/mol. The summed E-state index contributed by atoms with van der Waals surface area (Å²) < 4.78 is 18.0. The second-order valence-electron chi connectivity index (χ2n) is 19.5. The van der Waals surface area contributed by atoms with Gasteiger partial charge in [0.2, 0.25) is 47.2 Å². The van der Waals surface area contributed by atoms with Crippen LogP contribution in [-0.2, 0) is 52.6 Å². The normalized spacial score (nSPS) is 25.9. The van der Waals surface area contributed by atoms with Gasteiger partial charge in [0.05, 0.1) is 24.7 Å². The first-order valence-corrected chi connectivity index (χ1v) is 25.3. The van der Waals surface area contributed by atoms with Crippen molar-refractivity contribution in [2.24, 2.45) is 23.5 Å². The summed E-state index contributed by atoms with van der Waals surface area (Å²) >= 11 is 0. The second-order valence-corrected chi connectivity index (χ2v) is 19.5. The predicted octanol–water partition coefficient (Wildman–Crippen LogP) is 3.65. The zero-order chi connectivity index (χ0) is 55.3. The average Bonchev–Trinajstić information content (AvgIpc) is 4.10. The van der Waals surface area contributed by atoms with E-state index in [1.54, 1.807) is 65.0 Å². The maximum Gasteiger partial charge on any atom is 0.332 e. The largest absolute Gasteiger partial charge is 0.480 e. The zero-order valence-corrected chi connectivity index (χ0v) is 44.1. The van der Waals surface area contributed by atoms with Crippen molar-refractivity contribution in [1.29, 1.82) is 0 Å². The number of esters is 1. The van der Waals surface area contributed by atoms with Gasteiger partial charge < -0.3 is 55.4 Å². The van der Waals surface area contributed by atoms with Crippen LogP contribution in [0.3, 0.4) is 0 Å². The molecule has 406 valence electrons. The molecule has 21 heteroatoms. The van der Waals surface area contributed by atoms with E-state index in [4.69, 9.17) is 19.6 Å². The van der Waals surface area contributed by atoms with Gasteiger partial charge in [-0.15, -0.1) is 0 Å². The number of carbonyl (C=O) groups excluding carboxylic acids is 8. The van der Waals surface area contributed by atoms with Crippen LogP contribution >= 0.6 is 0 Å². The number of nitrogens with zero attached hydrogens (tertiary/aromatic N) is 4. The van der Waals surface area contributed by atoms with Crippen LogP contribution in [0.2, 0.25) is 0 Å². The third-order valence-corrected chi connectivity index (χ3v) is 14.3. The molecule has 2 aliphatic heterocycles. The first-order chi connectivity index (χ1) is 35.6. The summed E-state index contributed by atoms with van der Waals surface area (Å²) in [6.07, 6.45) is 1.62. The monoisotopic (exact) mass is 1040 g/mol. The molecule has 2 fully saturated rings. The number of allylic oxidation sites excluding steroid dienone is 1. The number of rotatable bonds is 14. The van der Waals surface area contributed by atoms with E-state index in [-0.39, 0.29) is 24.6 Å². The third-order valence-electron chi connectivity index (χ3n) is 14.3. The number of benzene rings is 2. The fraction of sp³-hybridized carbons (Fsp3) is 0.519. The van der Waals surface area contributed by atoms with Crippen molar-refractivity contribution in [3.63, 3.8) is 0 Å². The Labute approximate surface area is 437 Å². The highest BCUT2D eigenvalue weighted by Crippen LogP contribution is 2.32. The van der Waals surface area contributed by atoms with Gasteiger partial charge in [0.15, 0.2) is 12.1 Å². The number of nitrogens with one attached hydrogen (secondary N) is 3. The highest BCUT2D eigenvalue weighted by molar-refractivity contribution is 5.98. The third kappa shape index (κ3) is 14.5. The second kappa shape index (κ2) is 26.7. The Balaban J connectivity index is 1.67. The van der Waals surface area contributed by atoms with Crippen LogP contribution in [0.1, 0.15) is 121 Å². The van der Waals surface area contributed by atoms with Crippen LogP contribution in [0, 0.1) is 17.8 Å². The lowest BCUT2D eigenvalue weighted by molar-refractivity contribution is -0.163. The van der Waals surface area contributed by atoms with Crippen LogP contribution in [0.4, 0.5) is 0 Å². The molecule has 3 aromatic rings. The van der Waals surface area contributed by atoms with Gasteiger partial charge in [-0.1, -0.05) is 120 Å². The molecule has 5 rings (SSSR count). The smallest absolute Gasteiger partial charge is 0.332 e. The van der Waals surface area contributed by atoms with E-state index >= 15 is 0 Å². The maximum atomic E-state index is 15.0. The maximum absolute atomic E-state index is 15.0. The number of hydrogen-bond donors (Lipinski definition) is 5. The van der Waals surface area contributed by atoms with Crippen LogP contribution in [0.25, 0.3) is 6.08 Å². The quantitative estimate of drug-likeness (QED) is 0.144. The summed E-state index contributed by atoms with van der Waals surface area (Å²) in [6.45, 7) is 10.2. The van der Waals surface area contributed by atoms with E-state index in [0.717, 1.165) is 10.5 Å². The molecular weight excluding hydrogens is 969 g/mol. The molecule has 21 nitrogen and oxygen atoms in total. The Morgan fingerprint density at radius 1 is 0.853 bits per heavy atom. The summed E-state index contributed by atoms with van der Waals surface area (Å²) in [7, 11) is 4.00. The van der Waals surface area contributed by atoms with Gasteiger partial charge in [0, 0.05) is 27.7 Å². The van der Waals surface area contributed by atoms with E-state index in [9.17, 15) is 48.3 Å². The molecule has 6 N–H and O–H groups in total. The van der Waals surface area contributed by atoms with Crippen LogP contribution in [0.5, 0.6) is 0 Å². The molecule has 12 atom stereocenters. The Hall–Kier alpha value is -7.42. The first-order valence-electron chi connectivity index (χ1n) is 25.3. The molecular formula is C54H72N8O13. The Morgan fingerprint density at radius 2 is 1.48 bits per heavy atom. The van der Waals surface area contributed by atoms with E-state index in [1.165, 1.54) is 44.2 Å². The lowest BCUT2D eigenvalue weighted by Gasteiger charge is -2.39. The van der Waals surface area contributed by atoms with Crippen molar-refractivity contribution in [1.82, 2.24) is 35.6 Å². The molecule has 2 aromatic carbocycles. The molecule has 1 aromatic heterocycles. The number of aliphatic carboxylic acids is 1. The lowest BCUT2D eigenvalue weighted by atomic mass is 9.92. The Kier molecular flexibility index (Phi) is 20.8. The number of methoxy groups -OCH3 is 1. The van der Waals surface area contributed by atoms with Crippen molar-refractivity contribution in [2.75, 3.05) is 27.7 Å². The van der Waals surface area contributed by atoms with Crippen molar-refractivity contribution in [3.05, 3.63) is 95.7 Å². The van der Waals surface area contributed by atoms with Gasteiger partial charge in [-0.05, 0) is 42.7 Å². The Bertz CT molecular complexity index is 2540. The van der Waals surface area contributed by atoms with Gasteiger partial charge in [0.25, 0.3) is 0 Å². The summed E-state index contributed by atoms with van der Waals surface area (Å²) in [4.78, 5) is 136. The molecule has 0 aliphatic carbocycles. The van der Waals surface area contributed by atoms with Crippen molar-refractivity contribution >= 4 is 59.4 Å². The van der Waals surface area contributed by atoms with Crippen molar-refractivity contribution in [2.45, 2.75) is 134 Å². The fourth-order valence-corrected chi connectivity index (χ4v) is 9.45. The molecule has 2 saturated heterocycles. The molecule has 3 heterocycles. The first kappa shape index (κ1) is 58.5. The van der Waals surface area contributed by atoms with Gasteiger partial charge in [-0.25, -0.2) is 14.6 Å². The topological polar surface area (TPSA) is 290 Å². The van der Waals surface area contributed by atoms with E-state index in [0.29, 0.717) is 24.8 Å². The molecule has 0 bridgehead atoms. The molecule has 2 aliphatic rings. The number of likely N-dealkylation sites (N-methyl/N-ethyl adjacent to an activating group) is 2. The summed E-state index contributed by atoms with van der Waals surface area (Å²) in [5.41, 5.74) is 6.92. The minimum atomic E-state index is -1.87. The number of fused-ring (bicyclic) bond motifs is 1. The number of aromatic nitrogens is 1. The number of nitrogens with two attached hydrogens (primary N) is 1. The number of carboxylic acid groups (broad SMARTS) is 1.